The Morgan fingerprint density at radius 3 is 2.50 bits per heavy atom. The van der Waals surface area contributed by atoms with Crippen LogP contribution in [0.4, 0.5) is 0 Å². The van der Waals surface area contributed by atoms with Crippen LogP contribution in [0.2, 0.25) is 0 Å². The highest BCUT2D eigenvalue weighted by Gasteiger charge is 2.18. The second-order valence-corrected chi connectivity index (χ2v) is 6.00. The van der Waals surface area contributed by atoms with Crippen molar-refractivity contribution >= 4 is 22.6 Å². The summed E-state index contributed by atoms with van der Waals surface area (Å²) in [6, 6.07) is 8.43. The van der Waals surface area contributed by atoms with Crippen molar-refractivity contribution in [2.45, 2.75) is 19.8 Å². The Labute approximate surface area is 122 Å². The molecule has 2 rings (SSSR count). The lowest BCUT2D eigenvalue weighted by Crippen LogP contribution is -2.20. The fourth-order valence-corrected chi connectivity index (χ4v) is 2.49. The number of hydrogen-bond acceptors (Lipinski definition) is 2. The van der Waals surface area contributed by atoms with Crippen LogP contribution in [0.1, 0.15) is 25.5 Å². The van der Waals surface area contributed by atoms with Gasteiger partial charge in [-0.3, -0.25) is 0 Å². The molecular formula is C14H18IN3. The maximum absolute atomic E-state index is 5.89. The largest absolute Gasteiger partial charge is 0.330 e. The Balaban J connectivity index is 2.41. The molecule has 0 aliphatic rings. The van der Waals surface area contributed by atoms with Crippen molar-refractivity contribution in [2.24, 2.45) is 11.7 Å². The van der Waals surface area contributed by atoms with Crippen molar-refractivity contribution in [3.63, 3.8) is 0 Å². The smallest absolute Gasteiger partial charge is 0.0994 e. The SMILES string of the molecule is CC(C)C(CN)c1cncn1-c1ccc(I)cc1. The van der Waals surface area contributed by atoms with Crippen LogP contribution in [0.25, 0.3) is 5.69 Å². The third-order valence-corrected chi connectivity index (χ3v) is 3.93. The van der Waals surface area contributed by atoms with Gasteiger partial charge in [0.15, 0.2) is 0 Å². The van der Waals surface area contributed by atoms with Gasteiger partial charge in [0.1, 0.15) is 0 Å². The number of nitrogens with two attached hydrogens (primary N) is 1. The number of aromatic nitrogens is 2. The third-order valence-electron chi connectivity index (χ3n) is 3.21. The van der Waals surface area contributed by atoms with E-state index in [1.807, 2.05) is 12.5 Å². The van der Waals surface area contributed by atoms with Crippen LogP contribution in [0.15, 0.2) is 36.8 Å². The summed E-state index contributed by atoms with van der Waals surface area (Å²) >= 11 is 2.31. The molecule has 0 aliphatic carbocycles. The van der Waals surface area contributed by atoms with Gasteiger partial charge < -0.3 is 10.3 Å². The highest BCUT2D eigenvalue weighted by Crippen LogP contribution is 2.25. The maximum Gasteiger partial charge on any atom is 0.0994 e. The fourth-order valence-electron chi connectivity index (χ4n) is 2.13. The molecule has 0 spiro atoms. The van der Waals surface area contributed by atoms with E-state index in [1.165, 1.54) is 9.26 Å². The minimum absolute atomic E-state index is 0.340. The van der Waals surface area contributed by atoms with E-state index in [1.54, 1.807) is 0 Å². The van der Waals surface area contributed by atoms with Crippen LogP contribution >= 0.6 is 22.6 Å². The van der Waals surface area contributed by atoms with Gasteiger partial charge in [0.2, 0.25) is 0 Å². The summed E-state index contributed by atoms with van der Waals surface area (Å²) in [5.74, 6) is 0.848. The molecule has 1 unspecified atom stereocenters. The summed E-state index contributed by atoms with van der Waals surface area (Å²) in [6.45, 7) is 5.04. The number of halogens is 1. The molecule has 0 amide bonds. The summed E-state index contributed by atoms with van der Waals surface area (Å²) in [6.07, 6.45) is 3.79. The zero-order chi connectivity index (χ0) is 13.1. The summed E-state index contributed by atoms with van der Waals surface area (Å²) in [7, 11) is 0. The van der Waals surface area contributed by atoms with E-state index in [2.05, 4.69) is 70.3 Å². The molecule has 3 nitrogen and oxygen atoms in total. The molecule has 96 valence electrons. The first kappa shape index (κ1) is 13.5. The van der Waals surface area contributed by atoms with Gasteiger partial charge in [-0.25, -0.2) is 4.98 Å². The van der Waals surface area contributed by atoms with Gasteiger partial charge in [0.05, 0.1) is 6.33 Å². The maximum atomic E-state index is 5.89. The van der Waals surface area contributed by atoms with Gasteiger partial charge in [0, 0.05) is 33.6 Å². The zero-order valence-corrected chi connectivity index (χ0v) is 12.8. The number of hydrogen-bond donors (Lipinski definition) is 1. The van der Waals surface area contributed by atoms with E-state index in [0.29, 0.717) is 18.4 Å². The minimum atomic E-state index is 0.340. The number of rotatable bonds is 4. The summed E-state index contributed by atoms with van der Waals surface area (Å²) < 4.78 is 3.37. The Morgan fingerprint density at radius 2 is 1.94 bits per heavy atom. The topological polar surface area (TPSA) is 43.8 Å². The van der Waals surface area contributed by atoms with Gasteiger partial charge in [-0.2, -0.15) is 0 Å². The monoisotopic (exact) mass is 355 g/mol. The van der Waals surface area contributed by atoms with Crippen molar-refractivity contribution in [2.75, 3.05) is 6.54 Å². The van der Waals surface area contributed by atoms with E-state index in [-0.39, 0.29) is 0 Å². The van der Waals surface area contributed by atoms with E-state index in [9.17, 15) is 0 Å². The fraction of sp³-hybridized carbons (Fsp3) is 0.357. The molecule has 1 heterocycles. The summed E-state index contributed by atoms with van der Waals surface area (Å²) in [4.78, 5) is 4.28. The number of benzene rings is 1. The Hall–Kier alpha value is -0.880. The molecular weight excluding hydrogens is 337 g/mol. The lowest BCUT2D eigenvalue weighted by molar-refractivity contribution is 0.490. The molecule has 0 fully saturated rings. The first-order valence-electron chi connectivity index (χ1n) is 6.11. The number of imidazole rings is 1. The zero-order valence-electron chi connectivity index (χ0n) is 10.7. The molecule has 1 aromatic heterocycles. The molecule has 0 bridgehead atoms. The molecule has 4 heteroatoms. The molecule has 0 aliphatic heterocycles. The predicted molar refractivity (Wildman–Crippen MR) is 82.9 cm³/mol. The first-order chi connectivity index (χ1) is 8.63. The van der Waals surface area contributed by atoms with Crippen molar-refractivity contribution in [3.8, 4) is 5.69 Å². The molecule has 1 aromatic carbocycles. The third kappa shape index (κ3) is 2.75. The van der Waals surface area contributed by atoms with Crippen LogP contribution in [0.5, 0.6) is 0 Å². The van der Waals surface area contributed by atoms with Crippen LogP contribution in [0.3, 0.4) is 0 Å². The molecule has 0 radical (unpaired) electrons. The first-order valence-corrected chi connectivity index (χ1v) is 7.19. The van der Waals surface area contributed by atoms with E-state index in [4.69, 9.17) is 5.73 Å². The second kappa shape index (κ2) is 5.84. The normalized spacial score (nSPS) is 12.9. The van der Waals surface area contributed by atoms with Crippen molar-refractivity contribution in [3.05, 3.63) is 46.1 Å². The average molecular weight is 355 g/mol. The molecule has 0 saturated heterocycles. The highest BCUT2D eigenvalue weighted by atomic mass is 127. The Kier molecular flexibility index (Phi) is 4.40. The Morgan fingerprint density at radius 1 is 1.28 bits per heavy atom. The van der Waals surface area contributed by atoms with Gasteiger partial charge in [0.25, 0.3) is 0 Å². The van der Waals surface area contributed by atoms with Crippen LogP contribution in [-0.2, 0) is 0 Å². The predicted octanol–water partition coefficient (Wildman–Crippen LogP) is 3.18. The number of nitrogens with zero attached hydrogens (tertiary/aromatic N) is 2. The van der Waals surface area contributed by atoms with E-state index < -0.39 is 0 Å². The standard InChI is InChI=1S/C14H18IN3/c1-10(2)13(7-16)14-8-17-9-18(14)12-5-3-11(15)4-6-12/h3-6,8-10,13H,7,16H2,1-2H3. The summed E-state index contributed by atoms with van der Waals surface area (Å²) in [5, 5.41) is 0. The van der Waals surface area contributed by atoms with Crippen LogP contribution < -0.4 is 5.73 Å². The van der Waals surface area contributed by atoms with Crippen LogP contribution in [-0.4, -0.2) is 16.1 Å². The Bertz CT molecular complexity index is 502. The van der Waals surface area contributed by atoms with Gasteiger partial charge >= 0.3 is 0 Å². The highest BCUT2D eigenvalue weighted by molar-refractivity contribution is 14.1. The van der Waals surface area contributed by atoms with Gasteiger partial charge in [-0.1, -0.05) is 13.8 Å². The molecule has 0 saturated carbocycles. The summed E-state index contributed by atoms with van der Waals surface area (Å²) in [5.41, 5.74) is 8.22. The molecule has 2 N–H and O–H groups in total. The lowest BCUT2D eigenvalue weighted by Gasteiger charge is -2.20. The van der Waals surface area contributed by atoms with Gasteiger partial charge in [-0.05, 0) is 52.8 Å². The quantitative estimate of drug-likeness (QED) is 0.857. The molecule has 18 heavy (non-hydrogen) atoms. The van der Waals surface area contributed by atoms with E-state index >= 15 is 0 Å². The second-order valence-electron chi connectivity index (χ2n) is 4.75. The lowest BCUT2D eigenvalue weighted by atomic mass is 9.93. The van der Waals surface area contributed by atoms with E-state index in [0.717, 1.165) is 5.69 Å². The van der Waals surface area contributed by atoms with Crippen molar-refractivity contribution < 1.29 is 0 Å². The minimum Gasteiger partial charge on any atom is -0.330 e. The average Bonchev–Trinajstić information content (AvgIpc) is 2.79. The van der Waals surface area contributed by atoms with Crippen molar-refractivity contribution in [1.29, 1.82) is 0 Å². The van der Waals surface area contributed by atoms with Gasteiger partial charge in [-0.15, -0.1) is 0 Å². The van der Waals surface area contributed by atoms with Crippen molar-refractivity contribution in [1.82, 2.24) is 9.55 Å². The molecule has 1 atom stereocenters. The van der Waals surface area contributed by atoms with Crippen LogP contribution in [0, 0.1) is 9.49 Å². The molecule has 2 aromatic rings.